The van der Waals surface area contributed by atoms with Crippen molar-refractivity contribution in [2.45, 2.75) is 26.7 Å². The van der Waals surface area contributed by atoms with E-state index in [4.69, 9.17) is 4.74 Å². The second-order valence-corrected chi connectivity index (χ2v) is 4.52. The summed E-state index contributed by atoms with van der Waals surface area (Å²) in [4.78, 5) is 11.4. The molecule has 2 rings (SSSR count). The number of benzene rings is 1. The first-order chi connectivity index (χ1) is 8.56. The van der Waals surface area contributed by atoms with Gasteiger partial charge in [0.2, 0.25) is 0 Å². The van der Waals surface area contributed by atoms with Crippen molar-refractivity contribution in [3.63, 3.8) is 0 Å². The molecule has 0 bridgehead atoms. The van der Waals surface area contributed by atoms with Crippen LogP contribution in [0.4, 0.5) is 5.69 Å². The zero-order valence-corrected chi connectivity index (χ0v) is 10.7. The molecule has 94 valence electrons. The highest BCUT2D eigenvalue weighted by molar-refractivity contribution is 6.02. The van der Waals surface area contributed by atoms with Gasteiger partial charge in [0.1, 0.15) is 11.5 Å². The van der Waals surface area contributed by atoms with Gasteiger partial charge in [-0.15, -0.1) is 0 Å². The van der Waals surface area contributed by atoms with Gasteiger partial charge < -0.3 is 10.1 Å². The van der Waals surface area contributed by atoms with Gasteiger partial charge in [0.05, 0.1) is 0 Å². The topological polar surface area (TPSA) is 38.3 Å². The zero-order valence-electron chi connectivity index (χ0n) is 10.7. The van der Waals surface area contributed by atoms with E-state index in [-0.39, 0.29) is 5.91 Å². The number of rotatable bonds is 4. The molecular weight excluding hydrogens is 226 g/mol. The molecule has 0 aliphatic heterocycles. The van der Waals surface area contributed by atoms with E-state index in [2.05, 4.69) is 11.9 Å². The average molecular weight is 243 g/mol. The Balaban J connectivity index is 1.99. The van der Waals surface area contributed by atoms with Crippen molar-refractivity contribution >= 4 is 11.6 Å². The molecule has 18 heavy (non-hydrogen) atoms. The standard InChI is InChI=1S/C15H17NO2/c1-10(2)15(17)16-13-6-8-14(9-7-13)18-11(3)12-4-5-12/h6-9H,1,4-5H2,2-3H3,(H,16,17). The minimum Gasteiger partial charge on any atom is -0.462 e. The summed E-state index contributed by atoms with van der Waals surface area (Å²) in [7, 11) is 0. The van der Waals surface area contributed by atoms with E-state index in [1.165, 1.54) is 5.57 Å². The lowest BCUT2D eigenvalue weighted by atomic mass is 10.2. The summed E-state index contributed by atoms with van der Waals surface area (Å²) in [5.74, 6) is 1.62. The molecule has 0 radical (unpaired) electrons. The molecule has 1 aromatic carbocycles. The van der Waals surface area contributed by atoms with E-state index in [0.717, 1.165) is 30.0 Å². The van der Waals surface area contributed by atoms with Crippen LogP contribution >= 0.6 is 0 Å². The van der Waals surface area contributed by atoms with E-state index >= 15 is 0 Å². The second-order valence-electron chi connectivity index (χ2n) is 4.52. The Labute approximate surface area is 107 Å². The first-order valence-electron chi connectivity index (χ1n) is 5.99. The van der Waals surface area contributed by atoms with Crippen molar-refractivity contribution in [1.82, 2.24) is 0 Å². The highest BCUT2D eigenvalue weighted by Gasteiger charge is 2.16. The van der Waals surface area contributed by atoms with Crippen molar-refractivity contribution in [1.29, 1.82) is 0 Å². The largest absolute Gasteiger partial charge is 0.462 e. The monoisotopic (exact) mass is 243 g/mol. The molecule has 1 aliphatic rings. The molecule has 3 heteroatoms. The van der Waals surface area contributed by atoms with Crippen LogP contribution in [-0.2, 0) is 4.79 Å². The number of carbonyl (C=O) groups excluding carboxylic acids is 1. The maximum atomic E-state index is 11.4. The van der Waals surface area contributed by atoms with Crippen LogP contribution < -0.4 is 10.1 Å². The van der Waals surface area contributed by atoms with Gasteiger partial charge >= 0.3 is 0 Å². The summed E-state index contributed by atoms with van der Waals surface area (Å²) >= 11 is 0. The molecule has 1 fully saturated rings. The smallest absolute Gasteiger partial charge is 0.250 e. The van der Waals surface area contributed by atoms with Gasteiger partial charge in [-0.1, -0.05) is 6.58 Å². The van der Waals surface area contributed by atoms with Gasteiger partial charge in [0.25, 0.3) is 5.91 Å². The fourth-order valence-corrected chi connectivity index (χ4v) is 1.51. The molecule has 1 aromatic rings. The summed E-state index contributed by atoms with van der Waals surface area (Å²) in [6.07, 6.45) is 2.30. The van der Waals surface area contributed by atoms with Crippen molar-refractivity contribution in [3.8, 4) is 5.75 Å². The predicted octanol–water partition coefficient (Wildman–Crippen LogP) is 3.65. The maximum absolute atomic E-state index is 11.4. The fraction of sp³-hybridized carbons (Fsp3) is 0.267. The molecular formula is C15H17NO2. The Bertz CT molecular complexity index is 506. The molecule has 1 saturated carbocycles. The second kappa shape index (κ2) is 5.08. The third-order valence-corrected chi connectivity index (χ3v) is 2.77. The van der Waals surface area contributed by atoms with E-state index < -0.39 is 0 Å². The third kappa shape index (κ3) is 3.23. The first-order valence-corrected chi connectivity index (χ1v) is 5.99. The van der Waals surface area contributed by atoms with Crippen molar-refractivity contribution < 1.29 is 9.53 Å². The van der Waals surface area contributed by atoms with Crippen LogP contribution in [0.1, 0.15) is 26.7 Å². The van der Waals surface area contributed by atoms with Crippen LogP contribution in [0.3, 0.4) is 0 Å². The molecule has 0 unspecified atom stereocenters. The lowest BCUT2D eigenvalue weighted by Crippen LogP contribution is -2.11. The van der Waals surface area contributed by atoms with Crippen LogP contribution in [0.2, 0.25) is 0 Å². The predicted molar refractivity (Wildman–Crippen MR) is 72.4 cm³/mol. The molecule has 0 heterocycles. The van der Waals surface area contributed by atoms with Crippen LogP contribution in [-0.4, -0.2) is 5.91 Å². The van der Waals surface area contributed by atoms with Crippen LogP contribution in [0.25, 0.3) is 0 Å². The van der Waals surface area contributed by atoms with Gasteiger partial charge in [-0.3, -0.25) is 4.79 Å². The van der Waals surface area contributed by atoms with Crippen molar-refractivity contribution in [2.24, 2.45) is 0 Å². The number of amides is 1. The van der Waals surface area contributed by atoms with Gasteiger partial charge in [-0.25, -0.2) is 0 Å². The normalized spacial score (nSPS) is 12.9. The Morgan fingerprint density at radius 1 is 1.22 bits per heavy atom. The van der Waals surface area contributed by atoms with Crippen LogP contribution in [0.5, 0.6) is 5.75 Å². The van der Waals surface area contributed by atoms with Gasteiger partial charge in [0, 0.05) is 11.3 Å². The molecule has 0 spiro atoms. The van der Waals surface area contributed by atoms with Gasteiger partial charge in [-0.2, -0.15) is 0 Å². The Kier molecular flexibility index (Phi) is 3.51. The number of nitrogens with one attached hydrogen (secondary N) is 1. The van der Waals surface area contributed by atoms with E-state index in [0.29, 0.717) is 5.57 Å². The quantitative estimate of drug-likeness (QED) is 0.647. The Morgan fingerprint density at radius 3 is 2.33 bits per heavy atom. The lowest BCUT2D eigenvalue weighted by molar-refractivity contribution is -0.112. The first kappa shape index (κ1) is 12.4. The molecule has 3 nitrogen and oxygen atoms in total. The summed E-state index contributed by atoms with van der Waals surface area (Å²) in [6.45, 7) is 7.26. The average Bonchev–Trinajstić information content (AvgIpc) is 3.15. The number of carbonyl (C=O) groups is 1. The highest BCUT2D eigenvalue weighted by atomic mass is 16.5. The summed E-state index contributed by atoms with van der Waals surface area (Å²) < 4.78 is 5.70. The Morgan fingerprint density at radius 2 is 1.83 bits per heavy atom. The molecule has 0 saturated heterocycles. The zero-order chi connectivity index (χ0) is 13.1. The third-order valence-electron chi connectivity index (χ3n) is 2.77. The van der Waals surface area contributed by atoms with Crippen molar-refractivity contribution in [3.05, 3.63) is 47.7 Å². The Hall–Kier alpha value is -2.03. The van der Waals surface area contributed by atoms with Gasteiger partial charge in [-0.05, 0) is 56.5 Å². The van der Waals surface area contributed by atoms with Gasteiger partial charge in [0.15, 0.2) is 0 Å². The maximum Gasteiger partial charge on any atom is 0.250 e. The minimum absolute atomic E-state index is 0.167. The SMILES string of the molecule is C=C(C)C(=O)Nc1ccc(OC(C)=C2CC2)cc1. The van der Waals surface area contributed by atoms with Crippen molar-refractivity contribution in [2.75, 3.05) is 5.32 Å². The highest BCUT2D eigenvalue weighted by Crippen LogP contribution is 2.32. The summed E-state index contributed by atoms with van der Waals surface area (Å²) in [5, 5.41) is 2.75. The summed E-state index contributed by atoms with van der Waals surface area (Å²) in [6, 6.07) is 7.34. The minimum atomic E-state index is -0.167. The summed E-state index contributed by atoms with van der Waals surface area (Å²) in [5.41, 5.74) is 2.62. The number of hydrogen-bond acceptors (Lipinski definition) is 2. The molecule has 1 N–H and O–H groups in total. The lowest BCUT2D eigenvalue weighted by Gasteiger charge is -2.08. The molecule has 0 atom stereocenters. The molecule has 0 aromatic heterocycles. The molecule has 1 aliphatic carbocycles. The number of hydrogen-bond donors (Lipinski definition) is 1. The number of allylic oxidation sites excluding steroid dienone is 2. The van der Waals surface area contributed by atoms with Crippen LogP contribution in [0, 0.1) is 0 Å². The number of ether oxygens (including phenoxy) is 1. The molecule has 1 amide bonds. The number of anilines is 1. The van der Waals surface area contributed by atoms with E-state index in [1.54, 1.807) is 6.92 Å². The van der Waals surface area contributed by atoms with E-state index in [9.17, 15) is 4.79 Å². The van der Waals surface area contributed by atoms with E-state index in [1.807, 2.05) is 31.2 Å². The fourth-order valence-electron chi connectivity index (χ4n) is 1.51. The van der Waals surface area contributed by atoms with Crippen LogP contribution in [0.15, 0.2) is 47.7 Å².